The number of aromatic nitrogens is 2. The molecule has 0 radical (unpaired) electrons. The number of hydrogen-bond acceptors (Lipinski definition) is 4. The first-order valence-electron chi connectivity index (χ1n) is 9.67. The molecule has 1 unspecified atom stereocenters. The summed E-state index contributed by atoms with van der Waals surface area (Å²) < 4.78 is 12.9. The molecule has 6 nitrogen and oxygen atoms in total. The van der Waals surface area contributed by atoms with Crippen LogP contribution in [-0.4, -0.2) is 29.2 Å². The van der Waals surface area contributed by atoms with Crippen molar-refractivity contribution in [3.8, 4) is 11.5 Å². The quantitative estimate of drug-likeness (QED) is 0.562. The van der Waals surface area contributed by atoms with Crippen molar-refractivity contribution >= 4 is 5.91 Å². The van der Waals surface area contributed by atoms with Crippen LogP contribution in [0.25, 0.3) is 0 Å². The van der Waals surface area contributed by atoms with Gasteiger partial charge in [-0.25, -0.2) is 4.98 Å². The van der Waals surface area contributed by atoms with Gasteiger partial charge in [-0.15, -0.1) is 0 Å². The summed E-state index contributed by atoms with van der Waals surface area (Å²) in [5, 5.41) is 3.11. The van der Waals surface area contributed by atoms with Gasteiger partial charge in [0.1, 0.15) is 23.4 Å². The Morgan fingerprint density at radius 1 is 1.17 bits per heavy atom. The summed E-state index contributed by atoms with van der Waals surface area (Å²) in [5.74, 6) is 2.37. The molecule has 0 aliphatic heterocycles. The maximum atomic E-state index is 12.6. The third kappa shape index (κ3) is 5.38. The highest BCUT2D eigenvalue weighted by Gasteiger charge is 2.20. The molecular formula is C23H27N3O3. The molecule has 1 heterocycles. The highest BCUT2D eigenvalue weighted by Crippen LogP contribution is 2.23. The van der Waals surface area contributed by atoms with Crippen LogP contribution in [0.15, 0.2) is 60.9 Å². The number of imidazole rings is 1. The summed E-state index contributed by atoms with van der Waals surface area (Å²) in [6.45, 7) is 2.50. The smallest absolute Gasteiger partial charge is 0.220 e. The van der Waals surface area contributed by atoms with E-state index in [1.54, 1.807) is 13.3 Å². The first-order valence-corrected chi connectivity index (χ1v) is 9.67. The van der Waals surface area contributed by atoms with Gasteiger partial charge in [0, 0.05) is 25.9 Å². The van der Waals surface area contributed by atoms with Gasteiger partial charge >= 0.3 is 0 Å². The van der Waals surface area contributed by atoms with Crippen LogP contribution in [0.4, 0.5) is 0 Å². The minimum atomic E-state index is -0.328. The Kier molecular flexibility index (Phi) is 6.89. The van der Waals surface area contributed by atoms with E-state index < -0.39 is 0 Å². The average Bonchev–Trinajstić information content (AvgIpc) is 3.16. The monoisotopic (exact) mass is 393 g/mol. The second-order valence-electron chi connectivity index (χ2n) is 6.89. The Labute approximate surface area is 171 Å². The van der Waals surface area contributed by atoms with Crippen molar-refractivity contribution in [3.63, 3.8) is 0 Å². The van der Waals surface area contributed by atoms with E-state index in [9.17, 15) is 4.79 Å². The Morgan fingerprint density at radius 2 is 1.93 bits per heavy atom. The van der Waals surface area contributed by atoms with Crippen LogP contribution < -0.4 is 14.8 Å². The Hall–Kier alpha value is -3.28. The van der Waals surface area contributed by atoms with Gasteiger partial charge in [-0.2, -0.15) is 0 Å². The molecule has 0 aliphatic carbocycles. The van der Waals surface area contributed by atoms with Crippen LogP contribution in [0.2, 0.25) is 0 Å². The molecule has 0 spiro atoms. The van der Waals surface area contributed by atoms with Crippen LogP contribution in [0.3, 0.4) is 0 Å². The predicted molar refractivity (Wildman–Crippen MR) is 112 cm³/mol. The summed E-state index contributed by atoms with van der Waals surface area (Å²) in [5.41, 5.74) is 2.04. The number of hydrogen-bond donors (Lipinski definition) is 1. The molecule has 0 saturated carbocycles. The van der Waals surface area contributed by atoms with Gasteiger partial charge in [0.05, 0.1) is 13.7 Å². The normalized spacial score (nSPS) is 11.7. The molecule has 0 aliphatic rings. The molecule has 29 heavy (non-hydrogen) atoms. The molecule has 1 atom stereocenters. The van der Waals surface area contributed by atoms with Crippen molar-refractivity contribution in [2.24, 2.45) is 7.05 Å². The van der Waals surface area contributed by atoms with E-state index >= 15 is 0 Å². The van der Waals surface area contributed by atoms with Gasteiger partial charge in [-0.05, 0) is 42.7 Å². The Balaban J connectivity index is 1.60. The van der Waals surface area contributed by atoms with Crippen LogP contribution >= 0.6 is 0 Å². The van der Waals surface area contributed by atoms with Gasteiger partial charge in [-0.1, -0.05) is 30.3 Å². The topological polar surface area (TPSA) is 65.4 Å². The van der Waals surface area contributed by atoms with Crippen LogP contribution in [0.1, 0.15) is 35.8 Å². The van der Waals surface area contributed by atoms with Gasteiger partial charge in [0.2, 0.25) is 5.91 Å². The highest BCUT2D eigenvalue weighted by atomic mass is 16.5. The van der Waals surface area contributed by atoms with E-state index in [-0.39, 0.29) is 11.9 Å². The minimum absolute atomic E-state index is 0.0396. The molecule has 0 bridgehead atoms. The van der Waals surface area contributed by atoms with E-state index in [0.717, 1.165) is 28.5 Å². The van der Waals surface area contributed by atoms with Gasteiger partial charge in [-0.3, -0.25) is 4.79 Å². The zero-order chi connectivity index (χ0) is 20.6. The zero-order valence-electron chi connectivity index (χ0n) is 17.1. The van der Waals surface area contributed by atoms with Crippen LogP contribution in [0, 0.1) is 6.92 Å². The van der Waals surface area contributed by atoms with Crippen molar-refractivity contribution in [2.75, 3.05) is 13.7 Å². The first-order chi connectivity index (χ1) is 14.1. The number of amides is 1. The van der Waals surface area contributed by atoms with Crippen molar-refractivity contribution in [1.29, 1.82) is 0 Å². The third-order valence-electron chi connectivity index (χ3n) is 4.77. The lowest BCUT2D eigenvalue weighted by Gasteiger charge is -2.19. The number of nitrogens with one attached hydrogen (secondary N) is 1. The molecule has 1 N–H and O–H groups in total. The second kappa shape index (κ2) is 9.78. The Bertz CT molecular complexity index is 935. The van der Waals surface area contributed by atoms with Gasteiger partial charge in [0.25, 0.3) is 0 Å². The number of rotatable bonds is 9. The molecule has 3 aromatic rings. The lowest BCUT2D eigenvalue weighted by atomic mass is 10.1. The number of aryl methyl sites for hydroxylation is 2. The fourth-order valence-electron chi connectivity index (χ4n) is 3.11. The summed E-state index contributed by atoms with van der Waals surface area (Å²) in [6, 6.07) is 15.2. The molecule has 3 rings (SSSR count). The molecule has 152 valence electrons. The van der Waals surface area contributed by atoms with E-state index in [1.165, 1.54) is 0 Å². The zero-order valence-corrected chi connectivity index (χ0v) is 17.1. The van der Waals surface area contributed by atoms with Gasteiger partial charge < -0.3 is 19.4 Å². The minimum Gasteiger partial charge on any atom is -0.497 e. The molecule has 1 amide bonds. The second-order valence-corrected chi connectivity index (χ2v) is 6.89. The lowest BCUT2D eigenvalue weighted by molar-refractivity contribution is -0.121. The maximum Gasteiger partial charge on any atom is 0.220 e. The van der Waals surface area contributed by atoms with E-state index in [2.05, 4.69) is 10.3 Å². The summed E-state index contributed by atoms with van der Waals surface area (Å²) in [7, 11) is 3.55. The lowest BCUT2D eigenvalue weighted by Crippen LogP contribution is -2.31. The fourth-order valence-corrected chi connectivity index (χ4v) is 3.11. The van der Waals surface area contributed by atoms with Crippen LogP contribution in [0.5, 0.6) is 11.5 Å². The fraction of sp³-hybridized carbons (Fsp3) is 0.304. The number of carbonyl (C=O) groups is 1. The van der Waals surface area contributed by atoms with Crippen LogP contribution in [-0.2, 0) is 11.8 Å². The van der Waals surface area contributed by atoms with E-state index in [0.29, 0.717) is 19.4 Å². The summed E-state index contributed by atoms with van der Waals surface area (Å²) in [4.78, 5) is 17.0. The maximum absolute atomic E-state index is 12.6. The van der Waals surface area contributed by atoms with Crippen molar-refractivity contribution in [1.82, 2.24) is 14.9 Å². The number of para-hydroxylation sites is 1. The third-order valence-corrected chi connectivity index (χ3v) is 4.77. The van der Waals surface area contributed by atoms with Crippen molar-refractivity contribution in [3.05, 3.63) is 77.9 Å². The molecule has 0 fully saturated rings. The number of methoxy groups -OCH3 is 1. The largest absolute Gasteiger partial charge is 0.497 e. The number of nitrogens with zero attached hydrogens (tertiary/aromatic N) is 2. The van der Waals surface area contributed by atoms with Crippen molar-refractivity contribution < 1.29 is 14.3 Å². The number of ether oxygens (including phenoxy) is 2. The number of carbonyl (C=O) groups excluding carboxylic acids is 1. The first kappa shape index (κ1) is 20.5. The SMILES string of the molecule is COc1ccc(C(NC(=O)CCCOc2ccccc2C)c2nccn2C)cc1. The average molecular weight is 393 g/mol. The molecule has 1 aromatic heterocycles. The summed E-state index contributed by atoms with van der Waals surface area (Å²) >= 11 is 0. The number of benzene rings is 2. The predicted octanol–water partition coefficient (Wildman–Crippen LogP) is 3.80. The highest BCUT2D eigenvalue weighted by molar-refractivity contribution is 5.76. The molecule has 0 saturated heterocycles. The van der Waals surface area contributed by atoms with Gasteiger partial charge in [0.15, 0.2) is 0 Å². The molecule has 2 aromatic carbocycles. The Morgan fingerprint density at radius 3 is 2.59 bits per heavy atom. The van der Waals surface area contributed by atoms with E-state index in [1.807, 2.05) is 73.3 Å². The molecular weight excluding hydrogens is 366 g/mol. The standard InChI is InChI=1S/C23H27N3O3/c1-17-7-4-5-8-20(17)29-16-6-9-21(27)25-22(23-24-14-15-26(23)2)18-10-12-19(28-3)13-11-18/h4-5,7-8,10-15,22H,6,9,16H2,1-3H3,(H,25,27). The van der Waals surface area contributed by atoms with Crippen molar-refractivity contribution in [2.45, 2.75) is 25.8 Å². The summed E-state index contributed by atoms with van der Waals surface area (Å²) in [6.07, 6.45) is 4.61. The van der Waals surface area contributed by atoms with E-state index in [4.69, 9.17) is 9.47 Å². The molecule has 6 heteroatoms.